The number of rotatable bonds is 6. The average Bonchev–Trinajstić information content (AvgIpc) is 3.34. The Morgan fingerprint density at radius 2 is 1.76 bits per heavy atom. The molecule has 7 nitrogen and oxygen atoms in total. The molecule has 8 heteroatoms. The predicted molar refractivity (Wildman–Crippen MR) is 107 cm³/mol. The summed E-state index contributed by atoms with van der Waals surface area (Å²) in [5, 5.41) is 11.9. The van der Waals surface area contributed by atoms with E-state index in [9.17, 15) is 9.59 Å². The van der Waals surface area contributed by atoms with Crippen LogP contribution in [-0.4, -0.2) is 22.0 Å². The van der Waals surface area contributed by atoms with Crippen LogP contribution in [0.4, 0.5) is 0 Å². The first kappa shape index (κ1) is 18.8. The van der Waals surface area contributed by atoms with E-state index in [0.717, 1.165) is 23.3 Å². The van der Waals surface area contributed by atoms with Crippen molar-refractivity contribution < 1.29 is 14.0 Å². The minimum Gasteiger partial charge on any atom is -0.421 e. The Morgan fingerprint density at radius 1 is 1.07 bits per heavy atom. The van der Waals surface area contributed by atoms with Crippen LogP contribution in [0.5, 0.6) is 0 Å². The molecular formula is C21H26N4O3S. The third kappa shape index (κ3) is 4.08. The number of hydrazine groups is 1. The van der Waals surface area contributed by atoms with Crippen molar-refractivity contribution in [1.82, 2.24) is 21.0 Å². The molecule has 6 rings (SSSR count). The maximum absolute atomic E-state index is 12.5. The predicted octanol–water partition coefficient (Wildman–Crippen LogP) is 3.48. The quantitative estimate of drug-likeness (QED) is 0.705. The van der Waals surface area contributed by atoms with Crippen molar-refractivity contribution in [2.45, 2.75) is 57.8 Å². The van der Waals surface area contributed by atoms with E-state index < -0.39 is 0 Å². The van der Waals surface area contributed by atoms with Crippen LogP contribution in [0.15, 0.2) is 21.2 Å². The Labute approximate surface area is 173 Å². The van der Waals surface area contributed by atoms with Gasteiger partial charge >= 0.3 is 0 Å². The Balaban J connectivity index is 1.07. The highest BCUT2D eigenvalue weighted by Crippen LogP contribution is 2.61. The highest BCUT2D eigenvalue weighted by atomic mass is 32.1. The van der Waals surface area contributed by atoms with Gasteiger partial charge in [0.15, 0.2) is 0 Å². The molecule has 0 spiro atoms. The number of aromatic nitrogens is 2. The molecule has 29 heavy (non-hydrogen) atoms. The Hall–Kier alpha value is -2.22. The number of hydrogen-bond acceptors (Lipinski definition) is 6. The van der Waals surface area contributed by atoms with Gasteiger partial charge in [-0.15, -0.1) is 10.2 Å². The maximum Gasteiger partial charge on any atom is 0.248 e. The largest absolute Gasteiger partial charge is 0.421 e. The molecule has 0 aromatic carbocycles. The summed E-state index contributed by atoms with van der Waals surface area (Å²) in [6.45, 7) is 0. The van der Waals surface area contributed by atoms with Crippen molar-refractivity contribution >= 4 is 23.2 Å². The van der Waals surface area contributed by atoms with E-state index >= 15 is 0 Å². The van der Waals surface area contributed by atoms with Gasteiger partial charge in [-0.2, -0.15) is 11.3 Å². The zero-order valence-electron chi connectivity index (χ0n) is 16.4. The lowest BCUT2D eigenvalue weighted by molar-refractivity contribution is -0.134. The van der Waals surface area contributed by atoms with Crippen LogP contribution in [0.25, 0.3) is 11.5 Å². The van der Waals surface area contributed by atoms with E-state index in [0.29, 0.717) is 24.6 Å². The monoisotopic (exact) mass is 414 g/mol. The molecule has 0 saturated heterocycles. The molecule has 0 radical (unpaired) electrons. The van der Waals surface area contributed by atoms with Gasteiger partial charge in [-0.05, 0) is 73.1 Å². The van der Waals surface area contributed by atoms with Gasteiger partial charge in [0.05, 0.1) is 0 Å². The summed E-state index contributed by atoms with van der Waals surface area (Å²) < 4.78 is 5.58. The summed E-state index contributed by atoms with van der Waals surface area (Å²) in [6.07, 6.45) is 8.70. The fraction of sp³-hybridized carbons (Fsp3) is 0.619. The van der Waals surface area contributed by atoms with Crippen molar-refractivity contribution in [3.05, 3.63) is 22.7 Å². The van der Waals surface area contributed by atoms with E-state index in [-0.39, 0.29) is 23.7 Å². The SMILES string of the molecule is O=C(CCc1nnc(-c2ccsc2)o1)NNC(=O)CC12CC3CC(CC(C3)C1)C2. The lowest BCUT2D eigenvalue weighted by Gasteiger charge is -2.56. The first-order valence-electron chi connectivity index (χ1n) is 10.5. The van der Waals surface area contributed by atoms with E-state index in [1.807, 2.05) is 16.8 Å². The maximum atomic E-state index is 12.5. The van der Waals surface area contributed by atoms with Gasteiger partial charge in [0.1, 0.15) is 0 Å². The standard InChI is InChI=1S/C21H26N4O3S/c26-17(1-2-19-24-25-20(28-19)16-3-4-29-12-16)22-23-18(27)11-21-8-13-5-14(9-21)7-15(6-13)10-21/h3-4,12-15H,1-2,5-11H2,(H,22,26)(H,23,27). The summed E-state index contributed by atoms with van der Waals surface area (Å²) in [5.41, 5.74) is 6.22. The van der Waals surface area contributed by atoms with Crippen molar-refractivity contribution in [2.75, 3.05) is 0 Å². The van der Waals surface area contributed by atoms with Crippen LogP contribution in [0, 0.1) is 23.2 Å². The molecule has 4 saturated carbocycles. The van der Waals surface area contributed by atoms with Gasteiger partial charge in [0.2, 0.25) is 23.6 Å². The minimum atomic E-state index is -0.251. The van der Waals surface area contributed by atoms with Gasteiger partial charge in [0, 0.05) is 30.2 Å². The molecule has 4 fully saturated rings. The third-order valence-corrected chi connectivity index (χ3v) is 7.53. The number of nitrogens with one attached hydrogen (secondary N) is 2. The van der Waals surface area contributed by atoms with Crippen molar-refractivity contribution in [3.8, 4) is 11.5 Å². The normalized spacial score (nSPS) is 29.7. The summed E-state index contributed by atoms with van der Waals surface area (Å²) >= 11 is 1.56. The third-order valence-electron chi connectivity index (χ3n) is 6.84. The summed E-state index contributed by atoms with van der Waals surface area (Å²) in [4.78, 5) is 24.6. The molecular weight excluding hydrogens is 388 g/mol. The fourth-order valence-electron chi connectivity index (χ4n) is 6.17. The number of carbonyl (C=O) groups excluding carboxylic acids is 2. The molecule has 0 atom stereocenters. The molecule has 154 valence electrons. The zero-order valence-corrected chi connectivity index (χ0v) is 17.2. The van der Waals surface area contributed by atoms with Crippen molar-refractivity contribution in [2.24, 2.45) is 23.2 Å². The van der Waals surface area contributed by atoms with Gasteiger partial charge in [-0.3, -0.25) is 20.4 Å². The van der Waals surface area contributed by atoms with Crippen LogP contribution in [-0.2, 0) is 16.0 Å². The second-order valence-electron chi connectivity index (χ2n) is 9.20. The van der Waals surface area contributed by atoms with Crippen LogP contribution in [0.1, 0.15) is 57.3 Å². The number of nitrogens with zero attached hydrogens (tertiary/aromatic N) is 2. The number of hydrogen-bond donors (Lipinski definition) is 2. The van der Waals surface area contributed by atoms with Crippen LogP contribution in [0.3, 0.4) is 0 Å². The molecule has 2 heterocycles. The molecule has 4 aliphatic carbocycles. The molecule has 2 amide bonds. The fourth-order valence-corrected chi connectivity index (χ4v) is 6.80. The lowest BCUT2D eigenvalue weighted by Crippen LogP contribution is -2.50. The zero-order chi connectivity index (χ0) is 19.8. The average molecular weight is 415 g/mol. The highest BCUT2D eigenvalue weighted by molar-refractivity contribution is 7.08. The second-order valence-corrected chi connectivity index (χ2v) is 9.98. The number of aryl methyl sites for hydroxylation is 1. The Morgan fingerprint density at radius 3 is 2.41 bits per heavy atom. The number of thiophene rings is 1. The van der Waals surface area contributed by atoms with Crippen LogP contribution in [0.2, 0.25) is 0 Å². The highest BCUT2D eigenvalue weighted by Gasteiger charge is 2.51. The van der Waals surface area contributed by atoms with E-state index in [1.165, 1.54) is 38.5 Å². The van der Waals surface area contributed by atoms with Gasteiger partial charge in [0.25, 0.3) is 0 Å². The first-order chi connectivity index (χ1) is 14.1. The topological polar surface area (TPSA) is 97.1 Å². The molecule has 4 bridgehead atoms. The summed E-state index contributed by atoms with van der Waals surface area (Å²) in [6, 6.07) is 1.91. The van der Waals surface area contributed by atoms with Gasteiger partial charge in [-0.25, -0.2) is 0 Å². The lowest BCUT2D eigenvalue weighted by atomic mass is 9.49. The van der Waals surface area contributed by atoms with Gasteiger partial charge < -0.3 is 4.42 Å². The van der Waals surface area contributed by atoms with Crippen LogP contribution < -0.4 is 10.9 Å². The van der Waals surface area contributed by atoms with Crippen molar-refractivity contribution in [3.63, 3.8) is 0 Å². The molecule has 2 N–H and O–H groups in total. The smallest absolute Gasteiger partial charge is 0.248 e. The minimum absolute atomic E-state index is 0.0714. The van der Waals surface area contributed by atoms with E-state index in [2.05, 4.69) is 21.0 Å². The molecule has 4 aliphatic rings. The molecule has 2 aromatic rings. The summed E-state index contributed by atoms with van der Waals surface area (Å²) in [7, 11) is 0. The van der Waals surface area contributed by atoms with Crippen molar-refractivity contribution in [1.29, 1.82) is 0 Å². The number of amides is 2. The number of carbonyl (C=O) groups is 2. The first-order valence-corrected chi connectivity index (χ1v) is 11.4. The second kappa shape index (κ2) is 7.55. The molecule has 0 unspecified atom stereocenters. The summed E-state index contributed by atoms with van der Waals surface area (Å²) in [5.74, 6) is 3.01. The van der Waals surface area contributed by atoms with E-state index in [4.69, 9.17) is 4.42 Å². The Bertz CT molecular complexity index is 856. The molecule has 0 aliphatic heterocycles. The molecule has 2 aromatic heterocycles. The van der Waals surface area contributed by atoms with E-state index in [1.54, 1.807) is 11.3 Å². The van der Waals surface area contributed by atoms with Crippen LogP contribution >= 0.6 is 11.3 Å². The Kier molecular flexibility index (Phi) is 4.89. The van der Waals surface area contributed by atoms with Gasteiger partial charge in [-0.1, -0.05) is 0 Å².